The van der Waals surface area contributed by atoms with Gasteiger partial charge in [0.1, 0.15) is 0 Å². The molecule has 1 amide bonds. The summed E-state index contributed by atoms with van der Waals surface area (Å²) < 4.78 is 0. The van der Waals surface area contributed by atoms with Gasteiger partial charge in [0.15, 0.2) is 0 Å². The van der Waals surface area contributed by atoms with E-state index in [1.807, 2.05) is 12.1 Å². The monoisotopic (exact) mass is 378 g/mol. The van der Waals surface area contributed by atoms with Crippen molar-refractivity contribution in [3.8, 4) is 0 Å². The minimum absolute atomic E-state index is 0.352. The molecule has 4 heteroatoms. The molecule has 3 nitrogen and oxygen atoms in total. The largest absolute Gasteiger partial charge is 0.343 e. The first-order chi connectivity index (χ1) is 12.6. The SMILES string of the molecule is CCC(Cc1ccc(Cl)cc1)C(CC)NCCCCN1CCCCC1=O. The van der Waals surface area contributed by atoms with Gasteiger partial charge >= 0.3 is 0 Å². The smallest absolute Gasteiger partial charge is 0.222 e. The van der Waals surface area contributed by atoms with E-state index in [1.54, 1.807) is 0 Å². The summed E-state index contributed by atoms with van der Waals surface area (Å²) in [5, 5.41) is 4.58. The second-order valence-electron chi connectivity index (χ2n) is 7.51. The van der Waals surface area contributed by atoms with Gasteiger partial charge in [-0.1, -0.05) is 44.0 Å². The van der Waals surface area contributed by atoms with E-state index in [1.165, 1.54) is 18.4 Å². The topological polar surface area (TPSA) is 32.3 Å². The predicted molar refractivity (Wildman–Crippen MR) is 111 cm³/mol. The van der Waals surface area contributed by atoms with E-state index in [2.05, 4.69) is 36.2 Å². The number of rotatable bonds is 11. The molecule has 26 heavy (non-hydrogen) atoms. The van der Waals surface area contributed by atoms with Crippen molar-refractivity contribution in [2.75, 3.05) is 19.6 Å². The van der Waals surface area contributed by atoms with Gasteiger partial charge in [-0.15, -0.1) is 0 Å². The van der Waals surface area contributed by atoms with Crippen LogP contribution in [-0.2, 0) is 11.2 Å². The Kier molecular flexibility index (Phi) is 9.49. The second kappa shape index (κ2) is 11.6. The lowest BCUT2D eigenvalue weighted by atomic mass is 9.88. The summed E-state index contributed by atoms with van der Waals surface area (Å²) in [6.45, 7) is 7.49. The van der Waals surface area contributed by atoms with Crippen molar-refractivity contribution < 1.29 is 4.79 Å². The van der Waals surface area contributed by atoms with Gasteiger partial charge < -0.3 is 10.2 Å². The Bertz CT molecular complexity index is 531. The number of carbonyl (C=O) groups excluding carboxylic acids is 1. The number of hydrogen-bond acceptors (Lipinski definition) is 2. The Balaban J connectivity index is 1.70. The zero-order chi connectivity index (χ0) is 18.8. The number of benzene rings is 1. The van der Waals surface area contributed by atoms with Gasteiger partial charge in [-0.25, -0.2) is 0 Å². The van der Waals surface area contributed by atoms with Crippen LogP contribution in [0.3, 0.4) is 0 Å². The van der Waals surface area contributed by atoms with Crippen LogP contribution in [0.5, 0.6) is 0 Å². The number of nitrogens with zero attached hydrogens (tertiary/aromatic N) is 1. The minimum atomic E-state index is 0.352. The summed E-state index contributed by atoms with van der Waals surface area (Å²) in [6.07, 6.45) is 8.65. The Hall–Kier alpha value is -1.06. The Morgan fingerprint density at radius 1 is 1.12 bits per heavy atom. The lowest BCUT2D eigenvalue weighted by molar-refractivity contribution is -0.133. The maximum absolute atomic E-state index is 11.8. The fourth-order valence-electron chi connectivity index (χ4n) is 3.95. The highest BCUT2D eigenvalue weighted by molar-refractivity contribution is 6.30. The van der Waals surface area contributed by atoms with Crippen LogP contribution in [0, 0.1) is 5.92 Å². The summed E-state index contributed by atoms with van der Waals surface area (Å²) in [5.41, 5.74) is 1.37. The van der Waals surface area contributed by atoms with Crippen LogP contribution < -0.4 is 5.32 Å². The summed E-state index contributed by atoms with van der Waals surface area (Å²) >= 11 is 6.00. The van der Waals surface area contributed by atoms with Crippen molar-refractivity contribution in [3.05, 3.63) is 34.9 Å². The molecule has 1 aliphatic heterocycles. The molecule has 1 N–H and O–H groups in total. The first-order valence-corrected chi connectivity index (χ1v) is 10.8. The molecule has 1 heterocycles. The molecule has 1 aliphatic rings. The molecule has 0 radical (unpaired) electrons. The van der Waals surface area contributed by atoms with Crippen molar-refractivity contribution in [3.63, 3.8) is 0 Å². The van der Waals surface area contributed by atoms with E-state index in [0.29, 0.717) is 17.9 Å². The first-order valence-electron chi connectivity index (χ1n) is 10.4. The molecule has 0 aromatic heterocycles. The van der Waals surface area contributed by atoms with Crippen LogP contribution in [0.1, 0.15) is 64.4 Å². The third kappa shape index (κ3) is 6.92. The van der Waals surface area contributed by atoms with Crippen LogP contribution in [0.4, 0.5) is 0 Å². The van der Waals surface area contributed by atoms with E-state index in [4.69, 9.17) is 11.6 Å². The summed E-state index contributed by atoms with van der Waals surface area (Å²) in [7, 11) is 0. The molecular formula is C22H35ClN2O. The average molecular weight is 379 g/mol. The van der Waals surface area contributed by atoms with E-state index < -0.39 is 0 Å². The zero-order valence-electron chi connectivity index (χ0n) is 16.5. The molecule has 0 spiro atoms. The standard InChI is InChI=1S/C22H35ClN2O/c1-3-19(17-18-10-12-20(23)13-11-18)21(4-2)24-14-6-8-16-25-15-7-5-9-22(25)26/h10-13,19,21,24H,3-9,14-17H2,1-2H3. The van der Waals surface area contributed by atoms with Crippen molar-refractivity contribution in [2.24, 2.45) is 5.92 Å². The highest BCUT2D eigenvalue weighted by atomic mass is 35.5. The molecule has 0 saturated carbocycles. The number of unbranched alkanes of at least 4 members (excludes halogenated alkanes) is 1. The molecule has 1 aromatic rings. The number of carbonyl (C=O) groups is 1. The van der Waals surface area contributed by atoms with E-state index in [-0.39, 0.29) is 0 Å². The van der Waals surface area contributed by atoms with Gasteiger partial charge in [-0.2, -0.15) is 0 Å². The van der Waals surface area contributed by atoms with E-state index in [0.717, 1.165) is 63.2 Å². The van der Waals surface area contributed by atoms with Gasteiger partial charge in [0, 0.05) is 30.6 Å². The van der Waals surface area contributed by atoms with Crippen LogP contribution in [0.25, 0.3) is 0 Å². The van der Waals surface area contributed by atoms with Crippen molar-refractivity contribution in [1.82, 2.24) is 10.2 Å². The molecule has 2 rings (SSSR count). The van der Waals surface area contributed by atoms with Crippen LogP contribution in [0.2, 0.25) is 5.02 Å². The third-order valence-corrected chi connectivity index (χ3v) is 5.88. The molecule has 0 bridgehead atoms. The van der Waals surface area contributed by atoms with Gasteiger partial charge in [0.2, 0.25) is 5.91 Å². The quantitative estimate of drug-likeness (QED) is 0.545. The number of piperidine rings is 1. The number of amides is 1. The Morgan fingerprint density at radius 3 is 2.54 bits per heavy atom. The van der Waals surface area contributed by atoms with Gasteiger partial charge in [0.05, 0.1) is 0 Å². The molecule has 2 unspecified atom stereocenters. The zero-order valence-corrected chi connectivity index (χ0v) is 17.2. The van der Waals surface area contributed by atoms with E-state index in [9.17, 15) is 4.79 Å². The number of likely N-dealkylation sites (tertiary alicyclic amines) is 1. The molecular weight excluding hydrogens is 344 g/mol. The molecule has 146 valence electrons. The first kappa shape index (κ1) is 21.2. The summed E-state index contributed by atoms with van der Waals surface area (Å²) in [4.78, 5) is 13.9. The van der Waals surface area contributed by atoms with Gasteiger partial charge in [0.25, 0.3) is 0 Å². The van der Waals surface area contributed by atoms with Crippen LogP contribution in [-0.4, -0.2) is 36.5 Å². The van der Waals surface area contributed by atoms with Gasteiger partial charge in [-0.05, 0) is 68.7 Å². The van der Waals surface area contributed by atoms with Crippen LogP contribution in [0.15, 0.2) is 24.3 Å². The minimum Gasteiger partial charge on any atom is -0.343 e. The molecule has 0 aliphatic carbocycles. The summed E-state index contributed by atoms with van der Waals surface area (Å²) in [5.74, 6) is 0.995. The van der Waals surface area contributed by atoms with Crippen molar-refractivity contribution in [2.45, 2.75) is 71.3 Å². The second-order valence-corrected chi connectivity index (χ2v) is 7.95. The fourth-order valence-corrected chi connectivity index (χ4v) is 4.08. The number of nitrogens with one attached hydrogen (secondary N) is 1. The molecule has 1 fully saturated rings. The van der Waals surface area contributed by atoms with Crippen molar-refractivity contribution >= 4 is 17.5 Å². The third-order valence-electron chi connectivity index (χ3n) is 5.63. The van der Waals surface area contributed by atoms with E-state index >= 15 is 0 Å². The Labute approximate surface area is 164 Å². The number of halogens is 1. The highest BCUT2D eigenvalue weighted by Crippen LogP contribution is 2.20. The highest BCUT2D eigenvalue weighted by Gasteiger charge is 2.19. The van der Waals surface area contributed by atoms with Crippen LogP contribution >= 0.6 is 11.6 Å². The molecule has 2 atom stereocenters. The maximum Gasteiger partial charge on any atom is 0.222 e. The lowest BCUT2D eigenvalue weighted by Gasteiger charge is -2.28. The Morgan fingerprint density at radius 2 is 1.88 bits per heavy atom. The number of hydrogen-bond donors (Lipinski definition) is 1. The normalized spacial score (nSPS) is 17.3. The van der Waals surface area contributed by atoms with Crippen molar-refractivity contribution in [1.29, 1.82) is 0 Å². The van der Waals surface area contributed by atoms with Gasteiger partial charge in [-0.3, -0.25) is 4.79 Å². The summed E-state index contributed by atoms with van der Waals surface area (Å²) in [6, 6.07) is 8.81. The molecule has 1 saturated heterocycles. The molecule has 1 aromatic carbocycles. The average Bonchev–Trinajstić information content (AvgIpc) is 2.66. The lowest BCUT2D eigenvalue weighted by Crippen LogP contribution is -2.38. The maximum atomic E-state index is 11.8. The fraction of sp³-hybridized carbons (Fsp3) is 0.682. The predicted octanol–water partition coefficient (Wildman–Crippen LogP) is 5.07.